The molecule has 0 atom stereocenters. The predicted molar refractivity (Wildman–Crippen MR) is 84.1 cm³/mol. The second-order valence-electron chi connectivity index (χ2n) is 4.89. The van der Waals surface area contributed by atoms with E-state index in [-0.39, 0.29) is 5.82 Å². The molecule has 0 bridgehead atoms. The predicted octanol–water partition coefficient (Wildman–Crippen LogP) is 3.60. The highest BCUT2D eigenvalue weighted by Crippen LogP contribution is 2.30. The molecule has 0 aliphatic carbocycles. The molecule has 106 valence electrons. The van der Waals surface area contributed by atoms with Crippen molar-refractivity contribution in [1.29, 1.82) is 0 Å². The Morgan fingerprint density at radius 1 is 1.05 bits per heavy atom. The molecule has 2 aromatic carbocycles. The number of anilines is 2. The molecule has 0 aliphatic heterocycles. The molecule has 2 N–H and O–H groups in total. The minimum atomic E-state index is -0.247. The van der Waals surface area contributed by atoms with E-state index >= 15 is 0 Å². The summed E-state index contributed by atoms with van der Waals surface area (Å²) in [5.74, 6) is 0.581. The van der Waals surface area contributed by atoms with Crippen LogP contribution >= 0.6 is 0 Å². The molecule has 0 fully saturated rings. The molecule has 0 saturated heterocycles. The molecule has 3 rings (SSSR count). The Morgan fingerprint density at radius 3 is 2.38 bits per heavy atom. The van der Waals surface area contributed by atoms with Gasteiger partial charge < -0.3 is 10.6 Å². The standard InChI is InChI=1S/C17H16FN3/c1-21(14-8-6-13(18)7-9-14)17-16-5-3-2-4-15(16)12(10-19)11-20-17/h2-9,11H,10,19H2,1H3. The Hall–Kier alpha value is -2.46. The first kappa shape index (κ1) is 13.5. The minimum absolute atomic E-state index is 0.247. The lowest BCUT2D eigenvalue weighted by molar-refractivity contribution is 0.628. The molecular weight excluding hydrogens is 265 g/mol. The van der Waals surface area contributed by atoms with Crippen LogP contribution in [0.15, 0.2) is 54.7 Å². The van der Waals surface area contributed by atoms with E-state index in [1.807, 2.05) is 36.2 Å². The molecule has 0 radical (unpaired) electrons. The number of aromatic nitrogens is 1. The van der Waals surface area contributed by atoms with Crippen LogP contribution in [0.1, 0.15) is 5.56 Å². The van der Waals surface area contributed by atoms with Gasteiger partial charge in [-0.1, -0.05) is 24.3 Å². The van der Waals surface area contributed by atoms with E-state index in [0.29, 0.717) is 6.54 Å². The lowest BCUT2D eigenvalue weighted by Gasteiger charge is -2.21. The molecule has 0 amide bonds. The zero-order valence-electron chi connectivity index (χ0n) is 11.8. The molecule has 3 aromatic rings. The Balaban J connectivity index is 2.14. The van der Waals surface area contributed by atoms with Crippen LogP contribution in [-0.2, 0) is 6.54 Å². The number of pyridine rings is 1. The van der Waals surface area contributed by atoms with Gasteiger partial charge in [-0.05, 0) is 35.2 Å². The van der Waals surface area contributed by atoms with E-state index in [1.165, 1.54) is 12.1 Å². The lowest BCUT2D eigenvalue weighted by Crippen LogP contribution is -2.12. The molecule has 4 heteroatoms. The topological polar surface area (TPSA) is 42.2 Å². The van der Waals surface area contributed by atoms with Crippen molar-refractivity contribution in [3.05, 3.63) is 66.1 Å². The van der Waals surface area contributed by atoms with Crippen LogP contribution < -0.4 is 10.6 Å². The Kier molecular flexibility index (Phi) is 3.54. The first-order valence-corrected chi connectivity index (χ1v) is 6.76. The minimum Gasteiger partial charge on any atom is -0.329 e. The molecule has 0 unspecified atom stereocenters. The highest BCUT2D eigenvalue weighted by molar-refractivity contribution is 5.95. The highest BCUT2D eigenvalue weighted by Gasteiger charge is 2.11. The Bertz CT molecular complexity index is 769. The van der Waals surface area contributed by atoms with E-state index in [4.69, 9.17) is 5.73 Å². The zero-order valence-corrected chi connectivity index (χ0v) is 11.8. The monoisotopic (exact) mass is 281 g/mol. The maximum Gasteiger partial charge on any atom is 0.140 e. The summed E-state index contributed by atoms with van der Waals surface area (Å²) in [6.07, 6.45) is 1.80. The summed E-state index contributed by atoms with van der Waals surface area (Å²) in [5, 5.41) is 2.13. The van der Waals surface area contributed by atoms with Gasteiger partial charge in [-0.2, -0.15) is 0 Å². The summed E-state index contributed by atoms with van der Waals surface area (Å²) >= 11 is 0. The maximum atomic E-state index is 13.1. The molecule has 1 aromatic heterocycles. The third-order valence-corrected chi connectivity index (χ3v) is 3.61. The molecule has 0 spiro atoms. The van der Waals surface area contributed by atoms with Crippen LogP contribution in [0.25, 0.3) is 10.8 Å². The quantitative estimate of drug-likeness (QED) is 0.797. The van der Waals surface area contributed by atoms with Gasteiger partial charge in [0.2, 0.25) is 0 Å². The first-order valence-electron chi connectivity index (χ1n) is 6.76. The second-order valence-corrected chi connectivity index (χ2v) is 4.89. The summed E-state index contributed by atoms with van der Waals surface area (Å²) in [4.78, 5) is 6.48. The van der Waals surface area contributed by atoms with Gasteiger partial charge in [0.25, 0.3) is 0 Å². The molecule has 0 aliphatic rings. The van der Waals surface area contributed by atoms with Crippen LogP contribution in [0.3, 0.4) is 0 Å². The molecular formula is C17H16FN3. The van der Waals surface area contributed by atoms with Crippen LogP contribution in [0.4, 0.5) is 15.9 Å². The fraction of sp³-hybridized carbons (Fsp3) is 0.118. The van der Waals surface area contributed by atoms with Crippen molar-refractivity contribution >= 4 is 22.3 Å². The Morgan fingerprint density at radius 2 is 1.71 bits per heavy atom. The van der Waals surface area contributed by atoms with Crippen LogP contribution in [-0.4, -0.2) is 12.0 Å². The van der Waals surface area contributed by atoms with Crippen LogP contribution in [0, 0.1) is 5.82 Å². The molecule has 21 heavy (non-hydrogen) atoms. The van der Waals surface area contributed by atoms with Gasteiger partial charge in [-0.25, -0.2) is 9.37 Å². The van der Waals surface area contributed by atoms with Crippen LogP contribution in [0.5, 0.6) is 0 Å². The summed E-state index contributed by atoms with van der Waals surface area (Å²) in [5.41, 5.74) is 7.67. The van der Waals surface area contributed by atoms with Gasteiger partial charge in [0.15, 0.2) is 0 Å². The van der Waals surface area contributed by atoms with E-state index in [2.05, 4.69) is 4.98 Å². The van der Waals surface area contributed by atoms with Crippen molar-refractivity contribution in [2.45, 2.75) is 6.54 Å². The van der Waals surface area contributed by atoms with Gasteiger partial charge in [0.1, 0.15) is 11.6 Å². The smallest absolute Gasteiger partial charge is 0.140 e. The second kappa shape index (κ2) is 5.50. The first-order chi connectivity index (χ1) is 10.2. The SMILES string of the molecule is CN(c1ccc(F)cc1)c1ncc(CN)c2ccccc12. The zero-order chi connectivity index (χ0) is 14.8. The maximum absolute atomic E-state index is 13.1. The third kappa shape index (κ3) is 2.45. The normalized spacial score (nSPS) is 10.8. The number of rotatable bonds is 3. The molecule has 3 nitrogen and oxygen atoms in total. The molecule has 1 heterocycles. The fourth-order valence-electron chi connectivity index (χ4n) is 2.45. The van der Waals surface area contributed by atoms with Gasteiger partial charge in [-0.15, -0.1) is 0 Å². The fourth-order valence-corrected chi connectivity index (χ4v) is 2.45. The number of nitrogens with zero attached hydrogens (tertiary/aromatic N) is 2. The Labute approximate surface area is 122 Å². The number of hydrogen-bond acceptors (Lipinski definition) is 3. The number of nitrogens with two attached hydrogens (primary N) is 1. The summed E-state index contributed by atoms with van der Waals surface area (Å²) in [6.45, 7) is 0.452. The average molecular weight is 281 g/mol. The lowest BCUT2D eigenvalue weighted by atomic mass is 10.1. The van der Waals surface area contributed by atoms with Crippen molar-refractivity contribution in [3.8, 4) is 0 Å². The van der Waals surface area contributed by atoms with E-state index in [0.717, 1.165) is 27.8 Å². The summed E-state index contributed by atoms with van der Waals surface area (Å²) in [7, 11) is 1.92. The van der Waals surface area contributed by atoms with Gasteiger partial charge >= 0.3 is 0 Å². The largest absolute Gasteiger partial charge is 0.329 e. The van der Waals surface area contributed by atoms with Crippen molar-refractivity contribution in [2.24, 2.45) is 5.73 Å². The van der Waals surface area contributed by atoms with Crippen molar-refractivity contribution in [3.63, 3.8) is 0 Å². The number of hydrogen-bond donors (Lipinski definition) is 1. The van der Waals surface area contributed by atoms with E-state index in [1.54, 1.807) is 18.3 Å². The summed E-state index contributed by atoms with van der Waals surface area (Å²) < 4.78 is 13.1. The van der Waals surface area contributed by atoms with Gasteiger partial charge in [-0.3, -0.25) is 0 Å². The van der Waals surface area contributed by atoms with Crippen LogP contribution in [0.2, 0.25) is 0 Å². The highest BCUT2D eigenvalue weighted by atomic mass is 19.1. The van der Waals surface area contributed by atoms with Crippen molar-refractivity contribution in [2.75, 3.05) is 11.9 Å². The number of fused-ring (bicyclic) bond motifs is 1. The van der Waals surface area contributed by atoms with Crippen molar-refractivity contribution < 1.29 is 4.39 Å². The van der Waals surface area contributed by atoms with E-state index in [9.17, 15) is 4.39 Å². The molecule has 0 saturated carbocycles. The van der Waals surface area contributed by atoms with E-state index < -0.39 is 0 Å². The summed E-state index contributed by atoms with van der Waals surface area (Å²) in [6, 6.07) is 14.4. The van der Waals surface area contributed by atoms with Gasteiger partial charge in [0, 0.05) is 30.9 Å². The number of halogens is 1. The van der Waals surface area contributed by atoms with Gasteiger partial charge in [0.05, 0.1) is 0 Å². The average Bonchev–Trinajstić information content (AvgIpc) is 2.54. The third-order valence-electron chi connectivity index (χ3n) is 3.61. The number of benzene rings is 2. The van der Waals surface area contributed by atoms with Crippen molar-refractivity contribution in [1.82, 2.24) is 4.98 Å².